The van der Waals surface area contributed by atoms with Crippen LogP contribution in [-0.2, 0) is 11.4 Å². The number of halogens is 3. The Morgan fingerprint density at radius 1 is 1.06 bits per heavy atom. The van der Waals surface area contributed by atoms with Gasteiger partial charge in [-0.2, -0.15) is 4.39 Å². The Bertz CT molecular complexity index is 1080. The van der Waals surface area contributed by atoms with Gasteiger partial charge in [-0.1, -0.05) is 26.0 Å². The number of amides is 1. The number of methoxy groups -OCH3 is 1. The number of hydrogen-bond donors (Lipinski definition) is 2. The number of rotatable bonds is 9. The second kappa shape index (κ2) is 10.6. The molecule has 1 aliphatic rings. The molecular formula is C26H30F3NO5. The van der Waals surface area contributed by atoms with Gasteiger partial charge in [0.25, 0.3) is 5.91 Å². The van der Waals surface area contributed by atoms with E-state index in [4.69, 9.17) is 9.47 Å². The van der Waals surface area contributed by atoms with Crippen molar-refractivity contribution in [2.75, 3.05) is 13.7 Å². The third-order valence-corrected chi connectivity index (χ3v) is 7.12. The highest BCUT2D eigenvalue weighted by Gasteiger charge is 2.44. The molecule has 1 amide bonds. The first-order valence-corrected chi connectivity index (χ1v) is 11.5. The van der Waals surface area contributed by atoms with Crippen molar-refractivity contribution in [3.05, 3.63) is 58.9 Å². The fourth-order valence-corrected chi connectivity index (χ4v) is 4.37. The van der Waals surface area contributed by atoms with Crippen LogP contribution >= 0.6 is 0 Å². The molecule has 0 spiro atoms. The van der Waals surface area contributed by atoms with E-state index >= 15 is 0 Å². The van der Waals surface area contributed by atoms with E-state index < -0.39 is 51.5 Å². The predicted molar refractivity (Wildman–Crippen MR) is 123 cm³/mol. The van der Waals surface area contributed by atoms with Gasteiger partial charge >= 0.3 is 5.97 Å². The van der Waals surface area contributed by atoms with Crippen LogP contribution in [0.5, 0.6) is 11.5 Å². The zero-order chi connectivity index (χ0) is 25.8. The summed E-state index contributed by atoms with van der Waals surface area (Å²) in [4.78, 5) is 24.2. The second-order valence-electron chi connectivity index (χ2n) is 9.43. The summed E-state index contributed by atoms with van der Waals surface area (Å²) in [5.41, 5.74) is -1.35. The Kier molecular flexibility index (Phi) is 7.97. The lowest BCUT2D eigenvalue weighted by molar-refractivity contribution is -0.152. The van der Waals surface area contributed by atoms with Gasteiger partial charge in [0.15, 0.2) is 17.4 Å². The zero-order valence-corrected chi connectivity index (χ0v) is 20.1. The molecule has 0 bridgehead atoms. The molecule has 3 rings (SSSR count). The Labute approximate surface area is 202 Å². The van der Waals surface area contributed by atoms with E-state index in [9.17, 15) is 27.9 Å². The number of carbonyl (C=O) groups is 2. The fraction of sp³-hybridized carbons (Fsp3) is 0.462. The van der Waals surface area contributed by atoms with Gasteiger partial charge < -0.3 is 19.9 Å². The van der Waals surface area contributed by atoms with Gasteiger partial charge in [-0.05, 0) is 61.3 Å². The first kappa shape index (κ1) is 26.4. The quantitative estimate of drug-likeness (QED) is 0.452. The third-order valence-electron chi connectivity index (χ3n) is 7.12. The molecule has 2 aromatic rings. The molecule has 2 aromatic carbocycles. The van der Waals surface area contributed by atoms with Crippen LogP contribution in [0.4, 0.5) is 13.2 Å². The molecule has 1 aliphatic carbocycles. The van der Waals surface area contributed by atoms with E-state index in [1.54, 1.807) is 24.3 Å². The second-order valence-corrected chi connectivity index (χ2v) is 9.43. The van der Waals surface area contributed by atoms with Gasteiger partial charge in [0.2, 0.25) is 5.82 Å². The zero-order valence-electron chi connectivity index (χ0n) is 20.1. The molecule has 6 nitrogen and oxygen atoms in total. The molecule has 0 saturated heterocycles. The van der Waals surface area contributed by atoms with E-state index in [1.165, 1.54) is 7.11 Å². The van der Waals surface area contributed by atoms with Crippen LogP contribution in [0.15, 0.2) is 30.3 Å². The fourth-order valence-electron chi connectivity index (χ4n) is 4.37. The summed E-state index contributed by atoms with van der Waals surface area (Å²) in [6, 6.07) is 7.19. The molecule has 1 saturated carbocycles. The minimum absolute atomic E-state index is 0.129. The van der Waals surface area contributed by atoms with Crippen molar-refractivity contribution in [2.45, 2.75) is 52.6 Å². The Hall–Kier alpha value is -3.23. The van der Waals surface area contributed by atoms with Crippen molar-refractivity contribution in [1.82, 2.24) is 5.32 Å². The minimum Gasteiger partial charge on any atom is -0.497 e. The molecule has 0 unspecified atom stereocenters. The molecule has 0 aliphatic heterocycles. The van der Waals surface area contributed by atoms with E-state index in [0.29, 0.717) is 49.5 Å². The summed E-state index contributed by atoms with van der Waals surface area (Å²) in [5, 5.41) is 12.1. The molecule has 0 heterocycles. The number of carbonyl (C=O) groups excluding carboxylic acids is 1. The maximum Gasteiger partial charge on any atom is 0.309 e. The monoisotopic (exact) mass is 493 g/mol. The topological polar surface area (TPSA) is 84.9 Å². The number of aliphatic carboxylic acids is 1. The van der Waals surface area contributed by atoms with Crippen LogP contribution < -0.4 is 14.8 Å². The SMILES string of the molecule is CC[C@]1(C(=O)O)CC[C@@](C)(CNC(=O)c2cc(F)c(OCc3ccc(OC)cc3)c(F)c2F)CC1. The summed E-state index contributed by atoms with van der Waals surface area (Å²) in [6.45, 7) is 3.66. The number of benzene rings is 2. The van der Waals surface area contributed by atoms with Crippen LogP contribution in [0.2, 0.25) is 0 Å². The Balaban J connectivity index is 1.65. The van der Waals surface area contributed by atoms with Crippen molar-refractivity contribution < 1.29 is 37.3 Å². The molecule has 2 N–H and O–H groups in total. The molecule has 190 valence electrons. The van der Waals surface area contributed by atoms with Crippen LogP contribution in [0.25, 0.3) is 0 Å². The molecule has 1 fully saturated rings. The largest absolute Gasteiger partial charge is 0.497 e. The average molecular weight is 494 g/mol. The summed E-state index contributed by atoms with van der Waals surface area (Å²) < 4.78 is 54.0. The summed E-state index contributed by atoms with van der Waals surface area (Å²) >= 11 is 0. The van der Waals surface area contributed by atoms with Gasteiger partial charge in [0, 0.05) is 6.54 Å². The van der Waals surface area contributed by atoms with Gasteiger partial charge in [0.05, 0.1) is 18.1 Å². The van der Waals surface area contributed by atoms with Crippen LogP contribution in [0.3, 0.4) is 0 Å². The van der Waals surface area contributed by atoms with E-state index in [1.807, 2.05) is 13.8 Å². The van der Waals surface area contributed by atoms with Gasteiger partial charge in [0.1, 0.15) is 12.4 Å². The lowest BCUT2D eigenvalue weighted by atomic mass is 9.63. The first-order valence-electron chi connectivity index (χ1n) is 11.5. The van der Waals surface area contributed by atoms with Crippen molar-refractivity contribution in [2.24, 2.45) is 10.8 Å². The van der Waals surface area contributed by atoms with Gasteiger partial charge in [-0.25, -0.2) is 8.78 Å². The van der Waals surface area contributed by atoms with Crippen molar-refractivity contribution in [3.63, 3.8) is 0 Å². The lowest BCUT2D eigenvalue weighted by Gasteiger charge is -2.42. The van der Waals surface area contributed by atoms with E-state index in [-0.39, 0.29) is 13.2 Å². The van der Waals surface area contributed by atoms with Crippen LogP contribution in [0, 0.1) is 28.3 Å². The average Bonchev–Trinajstić information content (AvgIpc) is 2.85. The van der Waals surface area contributed by atoms with Gasteiger partial charge in [-0.15, -0.1) is 0 Å². The lowest BCUT2D eigenvalue weighted by Crippen LogP contribution is -2.43. The first-order chi connectivity index (χ1) is 16.5. The Morgan fingerprint density at radius 2 is 1.69 bits per heavy atom. The van der Waals surface area contributed by atoms with E-state index in [0.717, 1.165) is 0 Å². The normalized spacial score (nSPS) is 21.9. The third kappa shape index (κ3) is 5.71. The smallest absolute Gasteiger partial charge is 0.309 e. The molecule has 0 radical (unpaired) electrons. The number of carboxylic acid groups (broad SMARTS) is 1. The number of nitrogens with one attached hydrogen (secondary N) is 1. The molecular weight excluding hydrogens is 463 g/mol. The highest BCUT2D eigenvalue weighted by Crippen LogP contribution is 2.47. The summed E-state index contributed by atoms with van der Waals surface area (Å²) in [6.07, 6.45) is 2.54. The van der Waals surface area contributed by atoms with Crippen molar-refractivity contribution in [1.29, 1.82) is 0 Å². The predicted octanol–water partition coefficient (Wildman–Crippen LogP) is 5.48. The van der Waals surface area contributed by atoms with E-state index in [2.05, 4.69) is 5.32 Å². The van der Waals surface area contributed by atoms with Gasteiger partial charge in [-0.3, -0.25) is 9.59 Å². The highest BCUT2D eigenvalue weighted by atomic mass is 19.2. The van der Waals surface area contributed by atoms with Crippen LogP contribution in [0.1, 0.15) is 61.9 Å². The maximum atomic E-state index is 14.7. The minimum atomic E-state index is -1.58. The molecule has 9 heteroatoms. The number of hydrogen-bond acceptors (Lipinski definition) is 4. The molecule has 0 atom stereocenters. The van der Waals surface area contributed by atoms with Crippen LogP contribution in [-0.4, -0.2) is 30.6 Å². The number of ether oxygens (including phenoxy) is 2. The van der Waals surface area contributed by atoms with Crippen molar-refractivity contribution in [3.8, 4) is 11.5 Å². The van der Waals surface area contributed by atoms with Crippen molar-refractivity contribution >= 4 is 11.9 Å². The summed E-state index contributed by atoms with van der Waals surface area (Å²) in [7, 11) is 1.50. The maximum absolute atomic E-state index is 14.7. The molecule has 35 heavy (non-hydrogen) atoms. The summed E-state index contributed by atoms with van der Waals surface area (Å²) in [5.74, 6) is -6.36. The standard InChI is InChI=1S/C26H30F3NO5/c1-4-26(24(32)33)11-9-25(2,10-12-26)15-30-23(31)18-13-19(27)22(21(29)20(18)28)35-14-16-5-7-17(34-3)8-6-16/h5-8,13H,4,9-12,14-15H2,1-3H3,(H,30,31)(H,32,33)/t25-,26+. The number of carboxylic acids is 1. The highest BCUT2D eigenvalue weighted by molar-refractivity contribution is 5.94. The molecule has 0 aromatic heterocycles. The Morgan fingerprint density at radius 3 is 2.23 bits per heavy atom.